The van der Waals surface area contributed by atoms with Gasteiger partial charge < -0.3 is 10.5 Å². The normalized spacial score (nSPS) is 15.3. The highest BCUT2D eigenvalue weighted by Gasteiger charge is 2.17. The molecule has 0 aromatic rings. The van der Waals surface area contributed by atoms with Gasteiger partial charge in [0.15, 0.2) is 0 Å². The van der Waals surface area contributed by atoms with Crippen molar-refractivity contribution < 1.29 is 9.53 Å². The van der Waals surface area contributed by atoms with E-state index < -0.39 is 0 Å². The molecule has 3 heteroatoms. The van der Waals surface area contributed by atoms with E-state index in [0.29, 0.717) is 12.5 Å². The lowest BCUT2D eigenvalue weighted by molar-refractivity contribution is -0.148. The van der Waals surface area contributed by atoms with Crippen LogP contribution in [0.5, 0.6) is 0 Å². The van der Waals surface area contributed by atoms with E-state index in [1.165, 1.54) is 0 Å². The van der Waals surface area contributed by atoms with Crippen LogP contribution < -0.4 is 5.73 Å². The quantitative estimate of drug-likeness (QED) is 0.528. The molecular formula is C11H23NO2. The van der Waals surface area contributed by atoms with Crippen LogP contribution in [0.25, 0.3) is 0 Å². The molecule has 0 aliphatic rings. The molecule has 0 fully saturated rings. The van der Waals surface area contributed by atoms with Crippen molar-refractivity contribution in [2.24, 2.45) is 17.6 Å². The van der Waals surface area contributed by atoms with Crippen molar-refractivity contribution in [1.82, 2.24) is 0 Å². The number of ether oxygens (including phenoxy) is 1. The molecule has 0 heterocycles. The fraction of sp³-hybridized carbons (Fsp3) is 0.909. The summed E-state index contributed by atoms with van der Waals surface area (Å²) in [6.07, 6.45) is 2.04. The van der Waals surface area contributed by atoms with E-state index in [4.69, 9.17) is 10.5 Å². The highest BCUT2D eigenvalue weighted by atomic mass is 16.5. The summed E-state index contributed by atoms with van der Waals surface area (Å²) in [7, 11) is 0. The first kappa shape index (κ1) is 13.4. The smallest absolute Gasteiger partial charge is 0.310 e. The van der Waals surface area contributed by atoms with Crippen LogP contribution in [0.3, 0.4) is 0 Å². The van der Waals surface area contributed by atoms with Gasteiger partial charge in [-0.3, -0.25) is 4.79 Å². The first-order chi connectivity index (χ1) is 6.45. The summed E-state index contributed by atoms with van der Waals surface area (Å²) >= 11 is 0. The first-order valence-corrected chi connectivity index (χ1v) is 5.37. The zero-order chi connectivity index (χ0) is 11.1. The molecule has 3 nitrogen and oxygen atoms in total. The Labute approximate surface area is 87.0 Å². The van der Waals surface area contributed by atoms with E-state index in [1.54, 1.807) is 6.92 Å². The van der Waals surface area contributed by atoms with Crippen LogP contribution in [0.4, 0.5) is 0 Å². The number of hydrogen-bond acceptors (Lipinski definition) is 3. The van der Waals surface area contributed by atoms with Gasteiger partial charge in [0.2, 0.25) is 0 Å². The minimum atomic E-state index is -0.200. The number of nitrogens with two attached hydrogens (primary N) is 1. The Bertz CT molecular complexity index is 167. The summed E-state index contributed by atoms with van der Waals surface area (Å²) in [5.74, 6) is 0.289. The Morgan fingerprint density at radius 1 is 1.29 bits per heavy atom. The van der Waals surface area contributed by atoms with Crippen molar-refractivity contribution in [3.05, 3.63) is 0 Å². The minimum absolute atomic E-state index is 0.132. The Kier molecular flexibility index (Phi) is 6.54. The topological polar surface area (TPSA) is 52.3 Å². The maximum atomic E-state index is 11.3. The number of esters is 1. The van der Waals surface area contributed by atoms with Gasteiger partial charge in [-0.05, 0) is 25.7 Å². The number of carbonyl (C=O) groups excluding carboxylic acids is 1. The molecule has 0 aromatic heterocycles. The Morgan fingerprint density at radius 2 is 1.86 bits per heavy atom. The van der Waals surface area contributed by atoms with Crippen molar-refractivity contribution >= 4 is 5.97 Å². The van der Waals surface area contributed by atoms with Gasteiger partial charge in [-0.25, -0.2) is 0 Å². The van der Waals surface area contributed by atoms with E-state index in [2.05, 4.69) is 13.8 Å². The number of hydrogen-bond donors (Lipinski definition) is 1. The van der Waals surface area contributed by atoms with Gasteiger partial charge in [0.1, 0.15) is 0 Å². The standard InChI is InChI=1S/C11H23NO2/c1-8(2)6-5-7-14-11(13)9(3)10(4)12/h8-10H,5-7,12H2,1-4H3. The maximum Gasteiger partial charge on any atom is 0.310 e. The molecule has 2 atom stereocenters. The molecule has 0 saturated heterocycles. The Hall–Kier alpha value is -0.570. The molecule has 0 amide bonds. The minimum Gasteiger partial charge on any atom is -0.465 e. The van der Waals surface area contributed by atoms with Gasteiger partial charge in [0, 0.05) is 6.04 Å². The largest absolute Gasteiger partial charge is 0.465 e. The second-order valence-corrected chi connectivity index (χ2v) is 4.35. The molecule has 0 aliphatic carbocycles. The molecule has 0 radical (unpaired) electrons. The molecular weight excluding hydrogens is 178 g/mol. The second-order valence-electron chi connectivity index (χ2n) is 4.35. The van der Waals surface area contributed by atoms with Crippen molar-refractivity contribution in [3.63, 3.8) is 0 Å². The highest BCUT2D eigenvalue weighted by molar-refractivity contribution is 5.72. The predicted molar refractivity (Wildman–Crippen MR) is 57.8 cm³/mol. The van der Waals surface area contributed by atoms with Gasteiger partial charge in [-0.1, -0.05) is 20.8 Å². The van der Waals surface area contributed by atoms with E-state index in [1.807, 2.05) is 6.92 Å². The average Bonchev–Trinajstić information content (AvgIpc) is 2.10. The van der Waals surface area contributed by atoms with Gasteiger partial charge in [0.05, 0.1) is 12.5 Å². The van der Waals surface area contributed by atoms with Crippen LogP contribution in [-0.2, 0) is 9.53 Å². The maximum absolute atomic E-state index is 11.3. The second kappa shape index (κ2) is 6.82. The Balaban J connectivity index is 3.54. The average molecular weight is 201 g/mol. The zero-order valence-corrected chi connectivity index (χ0v) is 9.75. The van der Waals surface area contributed by atoms with Gasteiger partial charge in [-0.2, -0.15) is 0 Å². The van der Waals surface area contributed by atoms with Crippen LogP contribution in [0.15, 0.2) is 0 Å². The molecule has 0 aliphatic heterocycles. The molecule has 2 unspecified atom stereocenters. The lowest BCUT2D eigenvalue weighted by Gasteiger charge is -2.14. The van der Waals surface area contributed by atoms with Crippen LogP contribution in [0.2, 0.25) is 0 Å². The van der Waals surface area contributed by atoms with Crippen molar-refractivity contribution in [3.8, 4) is 0 Å². The summed E-state index contributed by atoms with van der Waals surface area (Å²) in [6.45, 7) is 8.46. The summed E-state index contributed by atoms with van der Waals surface area (Å²) in [5, 5.41) is 0. The summed E-state index contributed by atoms with van der Waals surface area (Å²) in [6, 6.07) is -0.132. The van der Waals surface area contributed by atoms with E-state index >= 15 is 0 Å². The van der Waals surface area contributed by atoms with Gasteiger partial charge in [-0.15, -0.1) is 0 Å². The van der Waals surface area contributed by atoms with Crippen molar-refractivity contribution in [2.75, 3.05) is 6.61 Å². The molecule has 0 saturated carbocycles. The van der Waals surface area contributed by atoms with Crippen LogP contribution in [0, 0.1) is 11.8 Å². The highest BCUT2D eigenvalue weighted by Crippen LogP contribution is 2.06. The SMILES string of the molecule is CC(C)CCCOC(=O)C(C)C(C)N. The van der Waals surface area contributed by atoms with Crippen molar-refractivity contribution in [2.45, 2.75) is 46.6 Å². The van der Waals surface area contributed by atoms with Crippen LogP contribution in [-0.4, -0.2) is 18.6 Å². The monoisotopic (exact) mass is 201 g/mol. The summed E-state index contributed by atoms with van der Waals surface area (Å²) < 4.78 is 5.10. The van der Waals surface area contributed by atoms with Gasteiger partial charge in [0.25, 0.3) is 0 Å². The van der Waals surface area contributed by atoms with Crippen LogP contribution >= 0.6 is 0 Å². The zero-order valence-electron chi connectivity index (χ0n) is 9.75. The molecule has 0 spiro atoms. The Morgan fingerprint density at radius 3 is 2.29 bits per heavy atom. The fourth-order valence-corrected chi connectivity index (χ4v) is 1.01. The number of rotatable bonds is 6. The molecule has 0 bridgehead atoms. The lowest BCUT2D eigenvalue weighted by Crippen LogP contribution is -2.32. The fourth-order valence-electron chi connectivity index (χ4n) is 1.01. The summed E-state index contributed by atoms with van der Waals surface area (Å²) in [4.78, 5) is 11.3. The van der Waals surface area contributed by atoms with Crippen LogP contribution in [0.1, 0.15) is 40.5 Å². The number of carbonyl (C=O) groups is 1. The lowest BCUT2D eigenvalue weighted by atomic mass is 10.1. The molecule has 84 valence electrons. The van der Waals surface area contributed by atoms with E-state index in [9.17, 15) is 4.79 Å². The van der Waals surface area contributed by atoms with E-state index in [0.717, 1.165) is 12.8 Å². The van der Waals surface area contributed by atoms with Crippen molar-refractivity contribution in [1.29, 1.82) is 0 Å². The molecule has 2 N–H and O–H groups in total. The molecule has 14 heavy (non-hydrogen) atoms. The third-order valence-electron chi connectivity index (χ3n) is 2.33. The summed E-state index contributed by atoms with van der Waals surface area (Å²) in [5.41, 5.74) is 5.59. The molecule has 0 rings (SSSR count). The first-order valence-electron chi connectivity index (χ1n) is 5.37. The van der Waals surface area contributed by atoms with E-state index in [-0.39, 0.29) is 17.9 Å². The third-order valence-corrected chi connectivity index (χ3v) is 2.33. The molecule has 0 aromatic carbocycles. The third kappa shape index (κ3) is 5.97. The van der Waals surface area contributed by atoms with Gasteiger partial charge >= 0.3 is 5.97 Å². The predicted octanol–water partition coefficient (Wildman–Crippen LogP) is 1.95.